The Morgan fingerprint density at radius 3 is 2.41 bits per heavy atom. The molecule has 4 rings (SSSR count). The zero-order valence-electron chi connectivity index (χ0n) is 20.6. The predicted octanol–water partition coefficient (Wildman–Crippen LogP) is 3.24. The number of hydrogen-bond donors (Lipinski definition) is 0. The maximum Gasteiger partial charge on any atom is 0.247 e. The Morgan fingerprint density at radius 2 is 1.76 bits per heavy atom. The first-order valence-electron chi connectivity index (χ1n) is 11.0. The van der Waals surface area contributed by atoms with Crippen LogP contribution in [0.15, 0.2) is 36.4 Å². The zero-order chi connectivity index (χ0) is 27.4. The summed E-state index contributed by atoms with van der Waals surface area (Å²) in [6.07, 6.45) is 0. The summed E-state index contributed by atoms with van der Waals surface area (Å²) in [5.74, 6) is -3.92. The lowest BCUT2D eigenvalue weighted by Gasteiger charge is -2.36. The lowest BCUT2D eigenvalue weighted by atomic mass is 9.94. The third kappa shape index (κ3) is 4.10. The zero-order valence-corrected chi connectivity index (χ0v) is 21.4. The van der Waals surface area contributed by atoms with Gasteiger partial charge in [0.2, 0.25) is 21.7 Å². The number of sulfonamides is 1. The first-order valence-corrected chi connectivity index (χ1v) is 12.5. The van der Waals surface area contributed by atoms with Gasteiger partial charge in [-0.2, -0.15) is 5.10 Å². The fourth-order valence-corrected chi connectivity index (χ4v) is 5.61. The molecule has 0 saturated heterocycles. The average molecular weight is 532 g/mol. The molecular formula is C25H23F2N3O6S. The van der Waals surface area contributed by atoms with Crippen LogP contribution in [0.5, 0.6) is 5.88 Å². The third-order valence-electron chi connectivity index (χ3n) is 6.36. The number of aromatic nitrogens is 2. The van der Waals surface area contributed by atoms with E-state index in [4.69, 9.17) is 4.74 Å². The number of ether oxygens (including phenoxy) is 1. The van der Waals surface area contributed by atoms with Gasteiger partial charge in [0.05, 0.1) is 16.9 Å². The number of anilines is 1. The molecule has 0 bridgehead atoms. The van der Waals surface area contributed by atoms with Crippen LogP contribution in [-0.4, -0.2) is 53.9 Å². The Balaban J connectivity index is 1.68. The number of fused-ring (bicyclic) bond motifs is 1. The van der Waals surface area contributed by atoms with Crippen molar-refractivity contribution in [3.63, 3.8) is 0 Å². The summed E-state index contributed by atoms with van der Waals surface area (Å²) in [7, 11) is -1.24. The lowest BCUT2D eigenvalue weighted by molar-refractivity contribution is 0.0903. The van der Waals surface area contributed by atoms with Crippen molar-refractivity contribution in [3.05, 3.63) is 76.0 Å². The highest BCUT2D eigenvalue weighted by atomic mass is 32.2. The van der Waals surface area contributed by atoms with E-state index in [-0.39, 0.29) is 39.5 Å². The van der Waals surface area contributed by atoms with Crippen molar-refractivity contribution in [2.24, 2.45) is 7.05 Å². The number of carbonyl (C=O) groups is 3. The minimum Gasteiger partial charge on any atom is -0.469 e. The monoisotopic (exact) mass is 531 g/mol. The lowest BCUT2D eigenvalue weighted by Crippen LogP contribution is -2.52. The van der Waals surface area contributed by atoms with Gasteiger partial charge in [-0.25, -0.2) is 21.9 Å². The van der Waals surface area contributed by atoms with Gasteiger partial charge in [0.25, 0.3) is 0 Å². The van der Waals surface area contributed by atoms with E-state index >= 15 is 0 Å². The quantitative estimate of drug-likeness (QED) is 0.449. The van der Waals surface area contributed by atoms with Crippen molar-refractivity contribution >= 4 is 33.1 Å². The summed E-state index contributed by atoms with van der Waals surface area (Å²) in [4.78, 5) is 38.8. The molecule has 0 spiro atoms. The van der Waals surface area contributed by atoms with E-state index in [0.717, 1.165) is 16.4 Å². The highest BCUT2D eigenvalue weighted by Crippen LogP contribution is 2.39. The van der Waals surface area contributed by atoms with Crippen LogP contribution in [0.4, 0.5) is 14.5 Å². The molecule has 0 saturated carbocycles. The molecule has 0 radical (unpaired) electrons. The van der Waals surface area contributed by atoms with Gasteiger partial charge < -0.3 is 4.74 Å². The van der Waals surface area contributed by atoms with Crippen LogP contribution in [0.2, 0.25) is 0 Å². The number of rotatable bonds is 6. The average Bonchev–Trinajstić information content (AvgIpc) is 3.12. The van der Waals surface area contributed by atoms with Crippen molar-refractivity contribution in [2.75, 3.05) is 18.0 Å². The number of benzene rings is 2. The van der Waals surface area contributed by atoms with Crippen LogP contribution in [0, 0.1) is 18.6 Å². The summed E-state index contributed by atoms with van der Waals surface area (Å²) < 4.78 is 59.0. The van der Waals surface area contributed by atoms with E-state index in [1.807, 2.05) is 0 Å². The summed E-state index contributed by atoms with van der Waals surface area (Å²) in [5.41, 5.74) is 0.165. The van der Waals surface area contributed by atoms with Gasteiger partial charge in [0.15, 0.2) is 18.2 Å². The number of nitrogens with zero attached hydrogens (tertiary/aromatic N) is 3. The normalized spacial score (nSPS) is 15.9. The van der Waals surface area contributed by atoms with Crippen LogP contribution in [-0.2, 0) is 17.1 Å². The molecule has 0 atom stereocenters. The topological polar surface area (TPSA) is 116 Å². The van der Waals surface area contributed by atoms with E-state index in [1.54, 1.807) is 6.92 Å². The summed E-state index contributed by atoms with van der Waals surface area (Å²) in [5, 5.41) is 4.17. The minimum absolute atomic E-state index is 0.00260. The Hall–Kier alpha value is -3.93. The molecule has 37 heavy (non-hydrogen) atoms. The van der Waals surface area contributed by atoms with Crippen molar-refractivity contribution in [1.29, 1.82) is 0 Å². The van der Waals surface area contributed by atoms with Gasteiger partial charge in [0.1, 0.15) is 21.9 Å². The van der Waals surface area contributed by atoms with Crippen molar-refractivity contribution in [1.82, 2.24) is 9.78 Å². The number of halogens is 2. The molecule has 2 heterocycles. The molecule has 1 aliphatic heterocycles. The van der Waals surface area contributed by atoms with E-state index in [2.05, 4.69) is 5.10 Å². The summed E-state index contributed by atoms with van der Waals surface area (Å²) in [6.45, 7) is 3.54. The van der Waals surface area contributed by atoms with Crippen LogP contribution in [0.3, 0.4) is 0 Å². The molecule has 0 amide bonds. The number of carbonyl (C=O) groups excluding carboxylic acids is 3. The van der Waals surface area contributed by atoms with Crippen molar-refractivity contribution in [3.8, 4) is 5.88 Å². The number of ketones is 3. The van der Waals surface area contributed by atoms with E-state index in [9.17, 15) is 31.6 Å². The minimum atomic E-state index is -4.03. The van der Waals surface area contributed by atoms with E-state index < -0.39 is 50.4 Å². The second-order valence-electron chi connectivity index (χ2n) is 9.10. The second-order valence-corrected chi connectivity index (χ2v) is 11.6. The molecule has 9 nitrogen and oxygen atoms in total. The fourth-order valence-electron chi connectivity index (χ4n) is 4.17. The molecule has 0 N–H and O–H groups in total. The summed E-state index contributed by atoms with van der Waals surface area (Å²) in [6, 6.07) is 6.62. The predicted molar refractivity (Wildman–Crippen MR) is 130 cm³/mol. The summed E-state index contributed by atoms with van der Waals surface area (Å²) >= 11 is 0. The fraction of sp³-hybridized carbons (Fsp3) is 0.280. The third-order valence-corrected chi connectivity index (χ3v) is 8.76. The SMILES string of the molecule is Cc1nn(C)c(OCC(=O)c2ccc(F)cc2F)c1C(=O)c1ccc2c(c1)N(C)S(=O)(=O)C(C)(C)C2=O. The maximum atomic E-state index is 14.0. The molecule has 3 aromatic rings. The molecule has 194 valence electrons. The van der Waals surface area contributed by atoms with Crippen LogP contribution >= 0.6 is 0 Å². The van der Waals surface area contributed by atoms with Gasteiger partial charge in [-0.1, -0.05) is 6.07 Å². The van der Waals surface area contributed by atoms with E-state index in [1.165, 1.54) is 50.8 Å². The van der Waals surface area contributed by atoms with Crippen molar-refractivity contribution < 1.29 is 36.3 Å². The standard InChI is InChI=1S/C25H23F2N3O6S/c1-13-21(24(29(4)28-13)36-12-20(31)16-9-7-15(26)11-18(16)27)22(32)14-6-8-17-19(10-14)30(5)37(34,35)25(2,3)23(17)33/h6-11H,12H2,1-5H3. The molecule has 12 heteroatoms. The van der Waals surface area contributed by atoms with Gasteiger partial charge in [0, 0.05) is 31.3 Å². The smallest absolute Gasteiger partial charge is 0.247 e. The highest BCUT2D eigenvalue weighted by molar-refractivity contribution is 7.95. The molecule has 1 aliphatic rings. The Labute approximate surface area is 211 Å². The van der Waals surface area contributed by atoms with E-state index in [0.29, 0.717) is 6.07 Å². The number of hydrogen-bond acceptors (Lipinski definition) is 7. The van der Waals surface area contributed by atoms with Crippen LogP contribution in [0.25, 0.3) is 0 Å². The van der Waals surface area contributed by atoms with Crippen molar-refractivity contribution in [2.45, 2.75) is 25.5 Å². The van der Waals surface area contributed by atoms with Gasteiger partial charge >= 0.3 is 0 Å². The molecule has 0 fully saturated rings. The van der Waals surface area contributed by atoms with Crippen LogP contribution < -0.4 is 9.04 Å². The van der Waals surface area contributed by atoms with Gasteiger partial charge in [-0.05, 0) is 45.0 Å². The Bertz CT molecular complexity index is 1590. The molecule has 0 unspecified atom stereocenters. The first-order chi connectivity index (χ1) is 17.2. The molecular weight excluding hydrogens is 508 g/mol. The van der Waals surface area contributed by atoms with Gasteiger partial charge in [-0.15, -0.1) is 0 Å². The highest BCUT2D eigenvalue weighted by Gasteiger charge is 2.50. The Kier molecular flexibility index (Phi) is 6.27. The molecule has 1 aromatic heterocycles. The maximum absolute atomic E-state index is 14.0. The second kappa shape index (κ2) is 8.87. The number of Topliss-reactive ketones (excluding diaryl/α,β-unsaturated/α-hetero) is 2. The molecule has 2 aromatic carbocycles. The number of aryl methyl sites for hydroxylation is 2. The molecule has 0 aliphatic carbocycles. The first kappa shape index (κ1) is 26.1. The van der Waals surface area contributed by atoms with Gasteiger partial charge in [-0.3, -0.25) is 18.7 Å². The van der Waals surface area contributed by atoms with Crippen LogP contribution in [0.1, 0.15) is 56.2 Å². The Morgan fingerprint density at radius 1 is 1.08 bits per heavy atom. The largest absolute Gasteiger partial charge is 0.469 e.